The maximum absolute atomic E-state index is 2.42. The van der Waals surface area contributed by atoms with Gasteiger partial charge in [0.05, 0.1) is 22.1 Å². The van der Waals surface area contributed by atoms with E-state index in [1.807, 2.05) is 0 Å². The summed E-state index contributed by atoms with van der Waals surface area (Å²) >= 11 is 0. The average Bonchev–Trinajstić information content (AvgIpc) is 3.79. The fraction of sp³-hybridized carbons (Fsp3) is 0.163. The molecule has 0 N–H and O–H groups in total. The quantitative estimate of drug-likeness (QED) is 0.192. The first kappa shape index (κ1) is 26.3. The molecule has 0 radical (unpaired) electrons. The second-order valence-corrected chi connectivity index (χ2v) is 12.8. The molecule has 1 aliphatic rings. The lowest BCUT2D eigenvalue weighted by molar-refractivity contribution is 0.364. The molecule has 2 heterocycles. The maximum atomic E-state index is 2.42. The Balaban J connectivity index is 1.16. The molecule has 0 saturated heterocycles. The van der Waals surface area contributed by atoms with E-state index in [0.29, 0.717) is 5.92 Å². The van der Waals surface area contributed by atoms with Gasteiger partial charge in [-0.25, -0.2) is 0 Å². The predicted molar refractivity (Wildman–Crippen MR) is 190 cm³/mol. The molecule has 8 aromatic rings. The van der Waals surface area contributed by atoms with E-state index in [0.717, 1.165) is 0 Å². The van der Waals surface area contributed by atoms with Crippen LogP contribution in [0.2, 0.25) is 0 Å². The molecule has 6 aromatic carbocycles. The smallest absolute Gasteiger partial charge is 0.0541 e. The zero-order chi connectivity index (χ0) is 30.0. The van der Waals surface area contributed by atoms with Crippen molar-refractivity contribution in [2.24, 2.45) is 5.92 Å². The summed E-state index contributed by atoms with van der Waals surface area (Å²) in [5.74, 6) is 0.621. The highest BCUT2D eigenvalue weighted by Crippen LogP contribution is 2.52. The fourth-order valence-corrected chi connectivity index (χ4v) is 8.77. The molecule has 2 aromatic heterocycles. The minimum Gasteiger partial charge on any atom is -0.309 e. The van der Waals surface area contributed by atoms with Crippen LogP contribution in [-0.2, 0) is 5.41 Å². The van der Waals surface area contributed by atoms with Gasteiger partial charge in [0.2, 0.25) is 0 Å². The standard InChI is InChI=1S/C43H36N2/c1-2-30-12-11-29-43(30,31-21-25-33(26-22-31)44-39-17-7-3-13-35(39)36-14-4-8-18-40(36)44)32-23-27-34(28-24-32)45-41-19-9-5-15-37(41)38-16-6-10-20-42(38)45/h3-10,13-28,30H,2,11-12,29H2,1H3. The number of aromatic nitrogens is 2. The van der Waals surface area contributed by atoms with Gasteiger partial charge in [-0.1, -0.05) is 117 Å². The van der Waals surface area contributed by atoms with Crippen LogP contribution in [0.25, 0.3) is 55.0 Å². The van der Waals surface area contributed by atoms with E-state index in [1.54, 1.807) is 0 Å². The van der Waals surface area contributed by atoms with Crippen molar-refractivity contribution in [2.45, 2.75) is 38.0 Å². The van der Waals surface area contributed by atoms with Crippen molar-refractivity contribution >= 4 is 43.6 Å². The van der Waals surface area contributed by atoms with Crippen LogP contribution in [-0.4, -0.2) is 9.13 Å². The minimum atomic E-state index is 0.0213. The second kappa shape index (κ2) is 10.2. The zero-order valence-electron chi connectivity index (χ0n) is 25.7. The van der Waals surface area contributed by atoms with E-state index in [4.69, 9.17) is 0 Å². The van der Waals surface area contributed by atoms with Gasteiger partial charge in [-0.3, -0.25) is 0 Å². The van der Waals surface area contributed by atoms with Gasteiger partial charge >= 0.3 is 0 Å². The maximum Gasteiger partial charge on any atom is 0.0541 e. The van der Waals surface area contributed by atoms with Crippen molar-refractivity contribution in [3.8, 4) is 11.4 Å². The summed E-state index contributed by atoms with van der Waals surface area (Å²) in [5.41, 5.74) is 10.4. The number of fused-ring (bicyclic) bond motifs is 6. The lowest BCUT2D eigenvalue weighted by Gasteiger charge is -2.37. The van der Waals surface area contributed by atoms with E-state index < -0.39 is 0 Å². The van der Waals surface area contributed by atoms with Gasteiger partial charge < -0.3 is 9.13 Å². The summed E-state index contributed by atoms with van der Waals surface area (Å²) in [4.78, 5) is 0. The van der Waals surface area contributed by atoms with Crippen molar-refractivity contribution in [1.82, 2.24) is 9.13 Å². The molecule has 45 heavy (non-hydrogen) atoms. The van der Waals surface area contributed by atoms with Crippen LogP contribution in [0.1, 0.15) is 43.7 Å². The number of hydrogen-bond donors (Lipinski definition) is 0. The molecule has 0 spiro atoms. The number of nitrogens with zero attached hydrogens (tertiary/aromatic N) is 2. The largest absolute Gasteiger partial charge is 0.309 e. The van der Waals surface area contributed by atoms with Gasteiger partial charge in [-0.15, -0.1) is 0 Å². The molecule has 1 atom stereocenters. The van der Waals surface area contributed by atoms with Crippen LogP contribution in [0.3, 0.4) is 0 Å². The van der Waals surface area contributed by atoms with Crippen LogP contribution in [0, 0.1) is 5.92 Å². The third-order valence-electron chi connectivity index (χ3n) is 10.8. The summed E-state index contributed by atoms with van der Waals surface area (Å²) in [6, 6.07) is 54.2. The van der Waals surface area contributed by atoms with E-state index in [9.17, 15) is 0 Å². The zero-order valence-corrected chi connectivity index (χ0v) is 25.7. The average molecular weight is 581 g/mol. The van der Waals surface area contributed by atoms with Crippen LogP contribution >= 0.6 is 0 Å². The Morgan fingerprint density at radius 3 is 1.20 bits per heavy atom. The van der Waals surface area contributed by atoms with Crippen LogP contribution in [0.15, 0.2) is 146 Å². The second-order valence-electron chi connectivity index (χ2n) is 12.8. The first-order valence-electron chi connectivity index (χ1n) is 16.5. The van der Waals surface area contributed by atoms with Gasteiger partial charge in [-0.05, 0) is 78.4 Å². The monoisotopic (exact) mass is 580 g/mol. The molecule has 2 nitrogen and oxygen atoms in total. The van der Waals surface area contributed by atoms with Crippen LogP contribution < -0.4 is 0 Å². The van der Waals surface area contributed by atoms with Crippen molar-refractivity contribution < 1.29 is 0 Å². The molecular weight excluding hydrogens is 544 g/mol. The summed E-state index contributed by atoms with van der Waals surface area (Å²) in [7, 11) is 0. The third-order valence-corrected chi connectivity index (χ3v) is 10.8. The number of para-hydroxylation sites is 4. The summed E-state index contributed by atoms with van der Waals surface area (Å²) < 4.78 is 4.85. The van der Waals surface area contributed by atoms with Crippen LogP contribution in [0.5, 0.6) is 0 Å². The van der Waals surface area contributed by atoms with Crippen molar-refractivity contribution in [3.05, 3.63) is 157 Å². The van der Waals surface area contributed by atoms with E-state index >= 15 is 0 Å². The lowest BCUT2D eigenvalue weighted by atomic mass is 9.66. The SMILES string of the molecule is CCC1CCCC1(c1ccc(-n2c3ccccc3c3ccccc32)cc1)c1ccc(-n2c3ccccc3c3ccccc32)cc1. The Morgan fingerprint density at radius 2 is 0.844 bits per heavy atom. The molecule has 218 valence electrons. The highest BCUT2D eigenvalue weighted by Gasteiger charge is 2.44. The Hall–Kier alpha value is -5.08. The fourth-order valence-electron chi connectivity index (χ4n) is 8.77. The first-order chi connectivity index (χ1) is 22.3. The van der Waals surface area contributed by atoms with Gasteiger partial charge in [0.15, 0.2) is 0 Å². The molecule has 1 fully saturated rings. The Labute approximate surface area is 264 Å². The summed E-state index contributed by atoms with van der Waals surface area (Å²) in [6.45, 7) is 2.38. The van der Waals surface area contributed by atoms with E-state index in [1.165, 1.54) is 91.8 Å². The molecule has 2 heteroatoms. The van der Waals surface area contributed by atoms with E-state index in [2.05, 4.69) is 162 Å². The van der Waals surface area contributed by atoms with Crippen LogP contribution in [0.4, 0.5) is 0 Å². The van der Waals surface area contributed by atoms with E-state index in [-0.39, 0.29) is 5.41 Å². The van der Waals surface area contributed by atoms with Crippen molar-refractivity contribution in [1.29, 1.82) is 0 Å². The highest BCUT2D eigenvalue weighted by atomic mass is 15.0. The van der Waals surface area contributed by atoms with Gasteiger partial charge in [-0.2, -0.15) is 0 Å². The molecule has 0 bridgehead atoms. The number of benzene rings is 6. The van der Waals surface area contributed by atoms with Crippen molar-refractivity contribution in [2.75, 3.05) is 0 Å². The molecule has 0 aliphatic heterocycles. The minimum absolute atomic E-state index is 0.0213. The highest BCUT2D eigenvalue weighted by molar-refractivity contribution is 6.10. The molecule has 1 aliphatic carbocycles. The number of rotatable bonds is 5. The third kappa shape index (κ3) is 3.82. The Morgan fingerprint density at radius 1 is 0.489 bits per heavy atom. The lowest BCUT2D eigenvalue weighted by Crippen LogP contribution is -2.32. The molecular formula is C43H36N2. The Bertz CT molecular complexity index is 2070. The normalized spacial score (nSPS) is 16.3. The molecule has 1 unspecified atom stereocenters. The predicted octanol–water partition coefficient (Wildman–Crippen LogP) is 11.4. The summed E-state index contributed by atoms with van der Waals surface area (Å²) in [6.07, 6.45) is 4.92. The van der Waals surface area contributed by atoms with Gasteiger partial charge in [0.1, 0.15) is 0 Å². The number of hydrogen-bond acceptors (Lipinski definition) is 0. The molecule has 1 saturated carbocycles. The molecule has 0 amide bonds. The molecule has 9 rings (SSSR count). The van der Waals surface area contributed by atoms with Gasteiger partial charge in [0.25, 0.3) is 0 Å². The van der Waals surface area contributed by atoms with Crippen molar-refractivity contribution in [3.63, 3.8) is 0 Å². The Kier molecular flexibility index (Phi) is 5.99. The van der Waals surface area contributed by atoms with Gasteiger partial charge in [0, 0.05) is 38.3 Å². The summed E-state index contributed by atoms with van der Waals surface area (Å²) in [5, 5.41) is 5.22. The topological polar surface area (TPSA) is 9.86 Å². The first-order valence-corrected chi connectivity index (χ1v) is 16.5.